The van der Waals surface area contributed by atoms with Gasteiger partial charge in [0.2, 0.25) is 0 Å². The number of hydrogen-bond acceptors (Lipinski definition) is 2. The average Bonchev–Trinajstić information content (AvgIpc) is 2.84. The number of nitrogens with zero attached hydrogens (tertiary/aromatic N) is 1. The molecule has 0 aromatic heterocycles. The second kappa shape index (κ2) is 6.99. The minimum atomic E-state index is 0.528. The monoisotopic (exact) mass is 276 g/mol. The first-order valence-corrected chi connectivity index (χ1v) is 8.11. The molecule has 1 saturated heterocycles. The highest BCUT2D eigenvalue weighted by Gasteiger charge is 2.20. The molecule has 0 saturated carbocycles. The summed E-state index contributed by atoms with van der Waals surface area (Å²) in [5, 5.41) is 4.68. The van der Waals surface area contributed by atoms with Gasteiger partial charge in [0, 0.05) is 18.3 Å². The topological polar surface area (TPSA) is 24.4 Å². The van der Waals surface area contributed by atoms with E-state index in [1.165, 1.54) is 5.56 Å². The van der Waals surface area contributed by atoms with Crippen LogP contribution in [-0.4, -0.2) is 23.5 Å². The number of amidine groups is 1. The van der Waals surface area contributed by atoms with Gasteiger partial charge in [-0.15, -0.1) is 0 Å². The summed E-state index contributed by atoms with van der Waals surface area (Å²) in [7, 11) is 0. The molecule has 0 amide bonds. The lowest BCUT2D eigenvalue weighted by atomic mass is 9.99. The smallest absolute Gasteiger partial charge is 0.156 e. The second-order valence-corrected chi connectivity index (χ2v) is 6.72. The first-order valence-electron chi connectivity index (χ1n) is 7.13. The van der Waals surface area contributed by atoms with Crippen LogP contribution in [0.25, 0.3) is 0 Å². The molecule has 2 unspecified atom stereocenters. The molecule has 2 rings (SSSR count). The average molecular weight is 276 g/mol. The van der Waals surface area contributed by atoms with Crippen molar-refractivity contribution in [1.29, 1.82) is 0 Å². The van der Waals surface area contributed by atoms with Gasteiger partial charge in [0.1, 0.15) is 0 Å². The van der Waals surface area contributed by atoms with Crippen LogP contribution in [0.2, 0.25) is 0 Å². The molecule has 0 spiro atoms. The van der Waals surface area contributed by atoms with Crippen molar-refractivity contribution in [2.75, 3.05) is 12.3 Å². The Hall–Kier alpha value is -0.960. The van der Waals surface area contributed by atoms with Crippen LogP contribution in [0.5, 0.6) is 0 Å². The summed E-state index contributed by atoms with van der Waals surface area (Å²) in [5.74, 6) is 2.49. The molecule has 0 aliphatic carbocycles. The van der Waals surface area contributed by atoms with E-state index in [0.717, 1.165) is 23.9 Å². The summed E-state index contributed by atoms with van der Waals surface area (Å²) in [6.45, 7) is 7.73. The summed E-state index contributed by atoms with van der Waals surface area (Å²) >= 11 is 1.86. The number of rotatable bonds is 5. The molecule has 1 aliphatic heterocycles. The number of thioether (sulfide) groups is 1. The molecule has 19 heavy (non-hydrogen) atoms. The van der Waals surface area contributed by atoms with Gasteiger partial charge in [0.25, 0.3) is 0 Å². The normalized spacial score (nSPS) is 22.7. The quantitative estimate of drug-likeness (QED) is 0.889. The molecule has 104 valence electrons. The zero-order chi connectivity index (χ0) is 13.7. The van der Waals surface area contributed by atoms with E-state index < -0.39 is 0 Å². The van der Waals surface area contributed by atoms with Crippen molar-refractivity contribution in [2.24, 2.45) is 16.8 Å². The minimum Gasteiger partial charge on any atom is -0.361 e. The third-order valence-electron chi connectivity index (χ3n) is 3.73. The second-order valence-electron chi connectivity index (χ2n) is 5.71. The molecule has 0 radical (unpaired) electrons. The first kappa shape index (κ1) is 14.4. The third-order valence-corrected chi connectivity index (χ3v) is 4.82. The van der Waals surface area contributed by atoms with Crippen LogP contribution in [0, 0.1) is 11.8 Å². The molecule has 1 aromatic rings. The van der Waals surface area contributed by atoms with Gasteiger partial charge < -0.3 is 5.32 Å². The zero-order valence-electron chi connectivity index (χ0n) is 12.1. The van der Waals surface area contributed by atoms with Gasteiger partial charge in [0.05, 0.1) is 0 Å². The molecule has 1 aromatic carbocycles. The predicted molar refractivity (Wildman–Crippen MR) is 85.8 cm³/mol. The maximum atomic E-state index is 4.70. The fraction of sp³-hybridized carbons (Fsp3) is 0.562. The molecule has 1 fully saturated rings. The van der Waals surface area contributed by atoms with Crippen molar-refractivity contribution in [1.82, 2.24) is 5.32 Å². The fourth-order valence-corrected chi connectivity index (χ4v) is 2.95. The lowest BCUT2D eigenvalue weighted by molar-refractivity contribution is 0.430. The van der Waals surface area contributed by atoms with E-state index in [4.69, 9.17) is 4.99 Å². The van der Waals surface area contributed by atoms with Gasteiger partial charge in [-0.2, -0.15) is 0 Å². The SMILES string of the molecule is CC(C)C(C)CN=C1NC(Cc2ccccc2)CS1. The third kappa shape index (κ3) is 4.57. The Morgan fingerprint density at radius 2 is 2.00 bits per heavy atom. The Morgan fingerprint density at radius 1 is 1.26 bits per heavy atom. The van der Waals surface area contributed by atoms with E-state index >= 15 is 0 Å². The first-order chi connectivity index (χ1) is 9.15. The number of aliphatic imine (C=N–C) groups is 1. The molecular weight excluding hydrogens is 252 g/mol. The van der Waals surface area contributed by atoms with Gasteiger partial charge in [-0.05, 0) is 23.8 Å². The van der Waals surface area contributed by atoms with Crippen LogP contribution in [0.1, 0.15) is 26.3 Å². The highest BCUT2D eigenvalue weighted by atomic mass is 32.2. The van der Waals surface area contributed by atoms with Gasteiger partial charge in [0.15, 0.2) is 5.17 Å². The Kier molecular flexibility index (Phi) is 5.32. The lowest BCUT2D eigenvalue weighted by Gasteiger charge is -2.13. The van der Waals surface area contributed by atoms with Gasteiger partial charge in [-0.25, -0.2) is 0 Å². The van der Waals surface area contributed by atoms with Crippen LogP contribution in [0.15, 0.2) is 35.3 Å². The summed E-state index contributed by atoms with van der Waals surface area (Å²) in [5.41, 5.74) is 1.40. The Bertz CT molecular complexity index is 414. The number of benzene rings is 1. The van der Waals surface area contributed by atoms with E-state index in [1.54, 1.807) is 0 Å². The summed E-state index contributed by atoms with van der Waals surface area (Å²) in [6.07, 6.45) is 1.09. The lowest BCUT2D eigenvalue weighted by Crippen LogP contribution is -2.29. The van der Waals surface area contributed by atoms with Crippen molar-refractivity contribution in [3.05, 3.63) is 35.9 Å². The number of hydrogen-bond donors (Lipinski definition) is 1. The molecule has 1 N–H and O–H groups in total. The van der Waals surface area contributed by atoms with E-state index in [9.17, 15) is 0 Å². The minimum absolute atomic E-state index is 0.528. The largest absolute Gasteiger partial charge is 0.361 e. The van der Waals surface area contributed by atoms with Crippen LogP contribution >= 0.6 is 11.8 Å². The zero-order valence-corrected chi connectivity index (χ0v) is 12.9. The summed E-state index contributed by atoms with van der Waals surface area (Å²) < 4.78 is 0. The van der Waals surface area contributed by atoms with Crippen molar-refractivity contribution in [3.8, 4) is 0 Å². The number of nitrogens with one attached hydrogen (secondary N) is 1. The molecule has 2 atom stereocenters. The maximum Gasteiger partial charge on any atom is 0.156 e. The van der Waals surface area contributed by atoms with E-state index in [-0.39, 0.29) is 0 Å². The summed E-state index contributed by atoms with van der Waals surface area (Å²) in [6, 6.07) is 11.2. The Balaban J connectivity index is 1.81. The predicted octanol–water partition coefficient (Wildman–Crippen LogP) is 3.58. The van der Waals surface area contributed by atoms with Gasteiger partial charge in [-0.3, -0.25) is 4.99 Å². The maximum absolute atomic E-state index is 4.70. The Morgan fingerprint density at radius 3 is 2.68 bits per heavy atom. The highest BCUT2D eigenvalue weighted by Crippen LogP contribution is 2.18. The van der Waals surface area contributed by atoms with Gasteiger partial charge >= 0.3 is 0 Å². The fourth-order valence-electron chi connectivity index (χ4n) is 1.98. The highest BCUT2D eigenvalue weighted by molar-refractivity contribution is 8.14. The van der Waals surface area contributed by atoms with Crippen LogP contribution in [-0.2, 0) is 6.42 Å². The molecular formula is C16H24N2S. The van der Waals surface area contributed by atoms with Crippen molar-refractivity contribution in [3.63, 3.8) is 0 Å². The molecule has 1 aliphatic rings. The molecule has 1 heterocycles. The molecule has 3 heteroatoms. The van der Waals surface area contributed by atoms with Gasteiger partial charge in [-0.1, -0.05) is 62.9 Å². The van der Waals surface area contributed by atoms with E-state index in [0.29, 0.717) is 17.9 Å². The molecule has 2 nitrogen and oxygen atoms in total. The van der Waals surface area contributed by atoms with Crippen molar-refractivity contribution in [2.45, 2.75) is 33.2 Å². The Labute approximate surface area is 121 Å². The summed E-state index contributed by atoms with van der Waals surface area (Å²) in [4.78, 5) is 4.70. The van der Waals surface area contributed by atoms with Crippen molar-refractivity contribution < 1.29 is 0 Å². The standard InChI is InChI=1S/C16H24N2S/c1-12(2)13(3)10-17-16-18-15(11-19-16)9-14-7-5-4-6-8-14/h4-8,12-13,15H,9-11H2,1-3H3,(H,17,18). The molecule has 0 bridgehead atoms. The van der Waals surface area contributed by atoms with E-state index in [2.05, 4.69) is 56.4 Å². The van der Waals surface area contributed by atoms with Crippen LogP contribution < -0.4 is 5.32 Å². The van der Waals surface area contributed by atoms with Crippen LogP contribution in [0.3, 0.4) is 0 Å². The van der Waals surface area contributed by atoms with E-state index in [1.807, 2.05) is 11.8 Å². The van der Waals surface area contributed by atoms with Crippen molar-refractivity contribution >= 4 is 16.9 Å². The van der Waals surface area contributed by atoms with Crippen LogP contribution in [0.4, 0.5) is 0 Å².